The Morgan fingerprint density at radius 3 is 2.38 bits per heavy atom. The van der Waals surface area contributed by atoms with Crippen molar-refractivity contribution in [1.82, 2.24) is 0 Å². The molecule has 0 atom stereocenters. The van der Waals surface area contributed by atoms with Gasteiger partial charge in [-0.25, -0.2) is 4.79 Å². The molecule has 0 unspecified atom stereocenters. The second-order valence-electron chi connectivity index (χ2n) is 6.68. The van der Waals surface area contributed by atoms with E-state index in [0.29, 0.717) is 10.7 Å². The van der Waals surface area contributed by atoms with Crippen molar-refractivity contribution >= 4 is 29.1 Å². The van der Waals surface area contributed by atoms with E-state index in [1.54, 1.807) is 6.07 Å². The summed E-state index contributed by atoms with van der Waals surface area (Å²) in [5, 5.41) is 6.56. The summed E-state index contributed by atoms with van der Waals surface area (Å²) in [6.45, 7) is 11.8. The quantitative estimate of drug-likeness (QED) is 0.794. The van der Waals surface area contributed by atoms with Gasteiger partial charge in [0.2, 0.25) is 0 Å². The summed E-state index contributed by atoms with van der Waals surface area (Å²) < 4.78 is 5.23. The van der Waals surface area contributed by atoms with Crippen molar-refractivity contribution in [3.05, 3.63) is 23.2 Å². The molecule has 0 aliphatic heterocycles. The molecule has 0 spiro atoms. The topological polar surface area (TPSA) is 50.4 Å². The van der Waals surface area contributed by atoms with Gasteiger partial charge in [0.1, 0.15) is 5.60 Å². The Bertz CT molecular complexity index is 507. The number of halogens is 1. The maximum atomic E-state index is 11.8. The highest BCUT2D eigenvalue weighted by Gasteiger charge is 2.18. The van der Waals surface area contributed by atoms with E-state index in [0.717, 1.165) is 12.1 Å². The first kappa shape index (κ1) is 17.6. The van der Waals surface area contributed by atoms with Crippen molar-refractivity contribution in [3.63, 3.8) is 0 Å². The van der Waals surface area contributed by atoms with Crippen LogP contribution in [0.2, 0.25) is 5.02 Å². The lowest BCUT2D eigenvalue weighted by atomic mass is 10.0. The van der Waals surface area contributed by atoms with E-state index in [1.165, 1.54) is 0 Å². The van der Waals surface area contributed by atoms with Gasteiger partial charge in [0.15, 0.2) is 0 Å². The highest BCUT2D eigenvalue weighted by Crippen LogP contribution is 2.28. The summed E-state index contributed by atoms with van der Waals surface area (Å²) in [5.74, 6) is 0. The van der Waals surface area contributed by atoms with Gasteiger partial charge >= 0.3 is 6.09 Å². The number of nitrogens with one attached hydrogen (secondary N) is 2. The van der Waals surface area contributed by atoms with Gasteiger partial charge < -0.3 is 10.1 Å². The molecule has 1 rings (SSSR count). The summed E-state index contributed by atoms with van der Waals surface area (Å²) in [6.07, 6.45) is 0.459. The summed E-state index contributed by atoms with van der Waals surface area (Å²) in [4.78, 5) is 11.8. The van der Waals surface area contributed by atoms with Crippen LogP contribution in [-0.2, 0) is 4.74 Å². The zero-order chi connectivity index (χ0) is 16.3. The number of hydrogen-bond acceptors (Lipinski definition) is 3. The van der Waals surface area contributed by atoms with Crippen LogP contribution < -0.4 is 10.6 Å². The van der Waals surface area contributed by atoms with Gasteiger partial charge in [0.05, 0.1) is 10.7 Å². The largest absolute Gasteiger partial charge is 0.444 e. The number of rotatable bonds is 4. The van der Waals surface area contributed by atoms with E-state index in [9.17, 15) is 4.79 Å². The number of carbonyl (C=O) groups excluding carboxylic acids is 1. The van der Waals surface area contributed by atoms with Crippen molar-refractivity contribution in [1.29, 1.82) is 0 Å². The number of amides is 1. The normalized spacial score (nSPS) is 12.0. The van der Waals surface area contributed by atoms with Crippen LogP contribution >= 0.6 is 11.6 Å². The second-order valence-corrected chi connectivity index (χ2v) is 7.09. The molecule has 0 bridgehead atoms. The van der Waals surface area contributed by atoms with Crippen LogP contribution in [0.25, 0.3) is 0 Å². The lowest BCUT2D eigenvalue weighted by molar-refractivity contribution is 0.0636. The monoisotopic (exact) mass is 312 g/mol. The molecule has 5 heteroatoms. The molecule has 0 aliphatic carbocycles. The van der Waals surface area contributed by atoms with Crippen LogP contribution in [0.3, 0.4) is 0 Å². The van der Waals surface area contributed by atoms with Crippen molar-refractivity contribution in [2.45, 2.75) is 59.1 Å². The highest BCUT2D eigenvalue weighted by molar-refractivity contribution is 6.33. The number of ether oxygens (including phenoxy) is 1. The molecule has 21 heavy (non-hydrogen) atoms. The molecule has 0 saturated heterocycles. The Morgan fingerprint density at radius 2 is 1.86 bits per heavy atom. The average molecular weight is 313 g/mol. The van der Waals surface area contributed by atoms with Gasteiger partial charge in [-0.2, -0.15) is 0 Å². The second kappa shape index (κ2) is 6.56. The molecule has 0 fully saturated rings. The van der Waals surface area contributed by atoms with Crippen molar-refractivity contribution in [2.75, 3.05) is 10.6 Å². The Kier molecular flexibility index (Phi) is 5.51. The third kappa shape index (κ3) is 6.25. The van der Waals surface area contributed by atoms with E-state index in [1.807, 2.05) is 32.9 Å². The minimum absolute atomic E-state index is 0.0307. The Hall–Kier alpha value is -1.42. The molecule has 0 heterocycles. The Balaban J connectivity index is 2.86. The minimum Gasteiger partial charge on any atom is -0.444 e. The summed E-state index contributed by atoms with van der Waals surface area (Å²) in [6, 6.07) is 5.45. The standard InChI is InChI=1S/C16H25ClN2O2/c1-7-16(5,6)19-11-8-9-12(17)13(10-11)18-14(20)21-15(2,3)4/h8-10,19H,7H2,1-6H3,(H,18,20). The van der Waals surface area contributed by atoms with E-state index in [4.69, 9.17) is 16.3 Å². The number of carbonyl (C=O) groups is 1. The summed E-state index contributed by atoms with van der Waals surface area (Å²) >= 11 is 6.12. The highest BCUT2D eigenvalue weighted by atomic mass is 35.5. The zero-order valence-corrected chi connectivity index (χ0v) is 14.4. The van der Waals surface area contributed by atoms with Gasteiger partial charge in [-0.05, 0) is 59.2 Å². The van der Waals surface area contributed by atoms with Crippen molar-refractivity contribution in [3.8, 4) is 0 Å². The fourth-order valence-electron chi connectivity index (χ4n) is 1.59. The number of benzene rings is 1. The molecular weight excluding hydrogens is 288 g/mol. The molecular formula is C16H25ClN2O2. The van der Waals surface area contributed by atoms with Gasteiger partial charge in [0.25, 0.3) is 0 Å². The van der Waals surface area contributed by atoms with Crippen LogP contribution in [0.15, 0.2) is 18.2 Å². The van der Waals surface area contributed by atoms with Gasteiger partial charge in [-0.3, -0.25) is 5.32 Å². The molecule has 0 radical (unpaired) electrons. The first-order valence-electron chi connectivity index (χ1n) is 7.10. The Morgan fingerprint density at radius 1 is 1.24 bits per heavy atom. The molecule has 0 saturated carbocycles. The summed E-state index contributed by atoms with van der Waals surface area (Å²) in [5.41, 5.74) is 0.855. The molecule has 2 N–H and O–H groups in total. The fourth-order valence-corrected chi connectivity index (χ4v) is 1.76. The van der Waals surface area contributed by atoms with E-state index in [2.05, 4.69) is 31.4 Å². The molecule has 4 nitrogen and oxygen atoms in total. The molecule has 1 amide bonds. The average Bonchev–Trinajstić information content (AvgIpc) is 2.31. The smallest absolute Gasteiger partial charge is 0.412 e. The van der Waals surface area contributed by atoms with Gasteiger partial charge in [-0.15, -0.1) is 0 Å². The molecule has 0 aliphatic rings. The van der Waals surface area contributed by atoms with Crippen LogP contribution in [0, 0.1) is 0 Å². The lowest BCUT2D eigenvalue weighted by Crippen LogP contribution is -2.29. The molecule has 1 aromatic carbocycles. The maximum Gasteiger partial charge on any atom is 0.412 e. The molecule has 0 aromatic heterocycles. The van der Waals surface area contributed by atoms with E-state index in [-0.39, 0.29) is 5.54 Å². The first-order chi connectivity index (χ1) is 9.52. The van der Waals surface area contributed by atoms with E-state index >= 15 is 0 Å². The lowest BCUT2D eigenvalue weighted by Gasteiger charge is -2.26. The predicted octanol–water partition coefficient (Wildman–Crippen LogP) is 5.29. The third-order valence-electron chi connectivity index (χ3n) is 2.97. The summed E-state index contributed by atoms with van der Waals surface area (Å²) in [7, 11) is 0. The zero-order valence-electron chi connectivity index (χ0n) is 13.6. The molecule has 118 valence electrons. The van der Waals surface area contributed by atoms with Crippen molar-refractivity contribution < 1.29 is 9.53 Å². The van der Waals surface area contributed by atoms with Gasteiger partial charge in [-0.1, -0.05) is 18.5 Å². The van der Waals surface area contributed by atoms with Crippen molar-refractivity contribution in [2.24, 2.45) is 0 Å². The van der Waals surface area contributed by atoms with Crippen LogP contribution in [0.1, 0.15) is 48.0 Å². The maximum absolute atomic E-state index is 11.8. The van der Waals surface area contributed by atoms with Crippen LogP contribution in [0.5, 0.6) is 0 Å². The van der Waals surface area contributed by atoms with E-state index < -0.39 is 11.7 Å². The first-order valence-corrected chi connectivity index (χ1v) is 7.48. The minimum atomic E-state index is -0.545. The third-order valence-corrected chi connectivity index (χ3v) is 3.30. The van der Waals surface area contributed by atoms with Crippen LogP contribution in [-0.4, -0.2) is 17.2 Å². The Labute approximate surface area is 132 Å². The van der Waals surface area contributed by atoms with Crippen LogP contribution in [0.4, 0.5) is 16.2 Å². The SMILES string of the molecule is CCC(C)(C)Nc1ccc(Cl)c(NC(=O)OC(C)(C)C)c1. The number of anilines is 2. The fraction of sp³-hybridized carbons (Fsp3) is 0.562. The molecule has 1 aromatic rings. The number of hydrogen-bond donors (Lipinski definition) is 2. The predicted molar refractivity (Wildman–Crippen MR) is 89.3 cm³/mol. The van der Waals surface area contributed by atoms with Gasteiger partial charge in [0, 0.05) is 11.2 Å².